The van der Waals surface area contributed by atoms with Gasteiger partial charge >= 0.3 is 12.2 Å². The van der Waals surface area contributed by atoms with Gasteiger partial charge in [-0.25, -0.2) is 4.79 Å². The molecule has 2 aliphatic rings. The minimum absolute atomic E-state index is 0.0169. The van der Waals surface area contributed by atoms with E-state index >= 15 is 0 Å². The maximum atomic E-state index is 12.8. The van der Waals surface area contributed by atoms with E-state index in [1.165, 1.54) is 12.1 Å². The van der Waals surface area contributed by atoms with Gasteiger partial charge in [0.25, 0.3) is 5.91 Å². The van der Waals surface area contributed by atoms with Crippen molar-refractivity contribution in [2.75, 3.05) is 37.8 Å². The van der Waals surface area contributed by atoms with Gasteiger partial charge in [0.1, 0.15) is 0 Å². The molecule has 0 aromatic heterocycles. The molecular formula is C24H26F3N3O2S. The molecule has 176 valence electrons. The van der Waals surface area contributed by atoms with Crippen molar-refractivity contribution in [1.82, 2.24) is 9.80 Å². The lowest BCUT2D eigenvalue weighted by molar-refractivity contribution is -0.137. The van der Waals surface area contributed by atoms with E-state index in [0.717, 1.165) is 36.3 Å². The summed E-state index contributed by atoms with van der Waals surface area (Å²) in [5, 5.41) is 2.70. The van der Waals surface area contributed by atoms with Gasteiger partial charge in [-0.1, -0.05) is 0 Å². The predicted octanol–water partition coefficient (Wildman–Crippen LogP) is 5.59. The fourth-order valence-corrected chi connectivity index (χ4v) is 4.97. The average Bonchev–Trinajstić information content (AvgIpc) is 3.22. The summed E-state index contributed by atoms with van der Waals surface area (Å²) in [5.41, 5.74) is 0.258. The summed E-state index contributed by atoms with van der Waals surface area (Å²) in [7, 11) is 0. The Hall–Kier alpha value is -2.68. The Bertz CT molecular complexity index is 1000. The summed E-state index contributed by atoms with van der Waals surface area (Å²) in [4.78, 5) is 30.2. The molecule has 4 rings (SSSR count). The van der Waals surface area contributed by atoms with Crippen molar-refractivity contribution in [3.05, 3.63) is 59.7 Å². The zero-order chi connectivity index (χ0) is 23.6. The van der Waals surface area contributed by atoms with Crippen LogP contribution in [0, 0.1) is 5.41 Å². The Morgan fingerprint density at radius 1 is 0.909 bits per heavy atom. The van der Waals surface area contributed by atoms with E-state index in [1.807, 2.05) is 35.4 Å². The third-order valence-electron chi connectivity index (χ3n) is 6.64. The first-order chi connectivity index (χ1) is 15.7. The molecule has 0 radical (unpaired) electrons. The topological polar surface area (TPSA) is 52.7 Å². The molecule has 5 nitrogen and oxygen atoms in total. The van der Waals surface area contributed by atoms with Gasteiger partial charge < -0.3 is 15.1 Å². The van der Waals surface area contributed by atoms with Crippen LogP contribution in [-0.2, 0) is 6.18 Å². The van der Waals surface area contributed by atoms with Gasteiger partial charge in [-0.2, -0.15) is 13.2 Å². The number of piperidine rings is 1. The van der Waals surface area contributed by atoms with Crippen molar-refractivity contribution in [2.45, 2.75) is 30.3 Å². The van der Waals surface area contributed by atoms with Crippen LogP contribution in [0.1, 0.15) is 35.2 Å². The number of anilines is 1. The van der Waals surface area contributed by atoms with Crippen molar-refractivity contribution >= 4 is 29.4 Å². The quantitative estimate of drug-likeness (QED) is 0.587. The van der Waals surface area contributed by atoms with Crippen molar-refractivity contribution in [3.63, 3.8) is 0 Å². The largest absolute Gasteiger partial charge is 0.416 e. The van der Waals surface area contributed by atoms with Crippen LogP contribution >= 0.6 is 11.8 Å². The molecule has 9 heteroatoms. The minimum Gasteiger partial charge on any atom is -0.339 e. The summed E-state index contributed by atoms with van der Waals surface area (Å²) in [6, 6.07) is 11.8. The highest BCUT2D eigenvalue weighted by atomic mass is 32.2. The van der Waals surface area contributed by atoms with Crippen LogP contribution in [0.5, 0.6) is 0 Å². The molecule has 2 aromatic rings. The number of nitrogens with one attached hydrogen (secondary N) is 1. The average molecular weight is 478 g/mol. The van der Waals surface area contributed by atoms with Crippen LogP contribution in [0.15, 0.2) is 53.4 Å². The van der Waals surface area contributed by atoms with Crippen molar-refractivity contribution < 1.29 is 22.8 Å². The van der Waals surface area contributed by atoms with Crippen LogP contribution in [0.4, 0.5) is 23.7 Å². The number of urea groups is 1. The number of likely N-dealkylation sites (tertiary alicyclic amines) is 2. The summed E-state index contributed by atoms with van der Waals surface area (Å²) in [6.07, 6.45) is 0.100. The van der Waals surface area contributed by atoms with Crippen molar-refractivity contribution in [1.29, 1.82) is 0 Å². The zero-order valence-corrected chi connectivity index (χ0v) is 19.1. The minimum atomic E-state index is -4.40. The number of alkyl halides is 3. The van der Waals surface area contributed by atoms with Crippen molar-refractivity contribution in [3.8, 4) is 0 Å². The third-order valence-corrected chi connectivity index (χ3v) is 7.38. The van der Waals surface area contributed by atoms with Gasteiger partial charge in [-0.05, 0) is 79.5 Å². The maximum absolute atomic E-state index is 12.8. The highest BCUT2D eigenvalue weighted by Crippen LogP contribution is 2.41. The summed E-state index contributed by atoms with van der Waals surface area (Å²) in [6.45, 7) is 2.48. The number of hydrogen-bond donors (Lipinski definition) is 1. The molecule has 0 atom stereocenters. The van der Waals surface area contributed by atoms with E-state index in [2.05, 4.69) is 5.32 Å². The zero-order valence-electron chi connectivity index (χ0n) is 18.3. The fraction of sp³-hybridized carbons (Fsp3) is 0.417. The van der Waals surface area contributed by atoms with Crippen LogP contribution in [-0.4, -0.2) is 54.2 Å². The molecule has 3 amide bonds. The molecule has 2 heterocycles. The molecule has 0 aliphatic carbocycles. The Balaban J connectivity index is 1.30. The smallest absolute Gasteiger partial charge is 0.339 e. The van der Waals surface area contributed by atoms with E-state index in [-0.39, 0.29) is 17.4 Å². The summed E-state index contributed by atoms with van der Waals surface area (Å²) in [5.74, 6) is 0.0346. The van der Waals surface area contributed by atoms with Gasteiger partial charge in [0.05, 0.1) is 5.56 Å². The van der Waals surface area contributed by atoms with E-state index in [1.54, 1.807) is 16.7 Å². The third kappa shape index (κ3) is 5.29. The van der Waals surface area contributed by atoms with E-state index in [9.17, 15) is 22.8 Å². The molecule has 0 bridgehead atoms. The van der Waals surface area contributed by atoms with E-state index in [4.69, 9.17) is 0 Å². The molecule has 2 saturated heterocycles. The number of carbonyl (C=O) groups excluding carboxylic acids is 2. The summed E-state index contributed by atoms with van der Waals surface area (Å²) < 4.78 is 38.1. The number of amides is 3. The highest BCUT2D eigenvalue weighted by Gasteiger charge is 2.43. The Morgan fingerprint density at radius 3 is 2.03 bits per heavy atom. The first kappa shape index (κ1) is 23.5. The van der Waals surface area contributed by atoms with Gasteiger partial charge in [0, 0.05) is 42.3 Å². The normalized spacial score (nSPS) is 17.9. The molecule has 33 heavy (non-hydrogen) atoms. The molecular weight excluding hydrogens is 451 g/mol. The highest BCUT2D eigenvalue weighted by molar-refractivity contribution is 7.98. The summed E-state index contributed by atoms with van der Waals surface area (Å²) >= 11 is 1.63. The lowest BCUT2D eigenvalue weighted by atomic mass is 9.77. The molecule has 2 fully saturated rings. The maximum Gasteiger partial charge on any atom is 0.416 e. The van der Waals surface area contributed by atoms with Gasteiger partial charge in [-0.3, -0.25) is 4.79 Å². The van der Waals surface area contributed by atoms with E-state index < -0.39 is 11.7 Å². The number of hydrogen-bond acceptors (Lipinski definition) is 3. The number of nitrogens with zero attached hydrogens (tertiary/aromatic N) is 2. The number of thioether (sulfide) groups is 1. The fourth-order valence-electron chi connectivity index (χ4n) is 4.56. The SMILES string of the molecule is CSc1ccc(C(=O)N2CCC3(CCN(C(=O)Nc4ccc(C(F)(F)F)cc4)C3)CC2)cc1. The number of benzene rings is 2. The Labute approximate surface area is 195 Å². The predicted molar refractivity (Wildman–Crippen MR) is 122 cm³/mol. The molecule has 1 spiro atoms. The van der Waals surface area contributed by atoms with Crippen LogP contribution in [0.3, 0.4) is 0 Å². The van der Waals surface area contributed by atoms with Crippen LogP contribution in [0.2, 0.25) is 0 Å². The molecule has 1 N–H and O–H groups in total. The molecule has 0 unspecified atom stereocenters. The van der Waals surface area contributed by atoms with Gasteiger partial charge in [0.15, 0.2) is 0 Å². The van der Waals surface area contributed by atoms with Gasteiger partial charge in [0.2, 0.25) is 0 Å². The second-order valence-electron chi connectivity index (χ2n) is 8.70. The first-order valence-electron chi connectivity index (χ1n) is 10.9. The Morgan fingerprint density at radius 2 is 1.48 bits per heavy atom. The standard InChI is InChI=1S/C24H26F3N3O2S/c1-33-20-8-2-17(3-9-20)21(31)29-13-10-23(11-14-29)12-15-30(16-23)22(32)28-19-6-4-18(5-7-19)24(25,26)27/h2-9H,10-16H2,1H3,(H,28,32). The molecule has 0 saturated carbocycles. The molecule has 2 aromatic carbocycles. The number of rotatable bonds is 3. The van der Waals surface area contributed by atoms with Gasteiger partial charge in [-0.15, -0.1) is 11.8 Å². The lowest BCUT2D eigenvalue weighted by Crippen LogP contribution is -2.45. The second kappa shape index (κ2) is 9.29. The monoisotopic (exact) mass is 477 g/mol. The van der Waals surface area contributed by atoms with Crippen LogP contribution < -0.4 is 5.32 Å². The molecule has 2 aliphatic heterocycles. The van der Waals surface area contributed by atoms with Crippen molar-refractivity contribution in [2.24, 2.45) is 5.41 Å². The first-order valence-corrected chi connectivity index (χ1v) is 12.1. The number of carbonyl (C=O) groups is 2. The Kier molecular flexibility index (Phi) is 6.61. The van der Waals surface area contributed by atoms with E-state index in [0.29, 0.717) is 37.4 Å². The van der Waals surface area contributed by atoms with Crippen LogP contribution in [0.25, 0.3) is 0 Å². The number of halogens is 3. The lowest BCUT2D eigenvalue weighted by Gasteiger charge is -2.39. The second-order valence-corrected chi connectivity index (χ2v) is 9.58.